The van der Waals surface area contributed by atoms with E-state index in [0.29, 0.717) is 0 Å². The van der Waals surface area contributed by atoms with Crippen molar-refractivity contribution < 1.29 is 0 Å². The average Bonchev–Trinajstić information content (AvgIpc) is 2.98. The summed E-state index contributed by atoms with van der Waals surface area (Å²) in [7, 11) is 0. The number of nitrogens with zero attached hydrogens (tertiary/aromatic N) is 4. The zero-order valence-corrected chi connectivity index (χ0v) is 17.1. The van der Waals surface area contributed by atoms with Crippen molar-refractivity contribution in [3.8, 4) is 0 Å². The fourth-order valence-corrected chi connectivity index (χ4v) is 3.67. The van der Waals surface area contributed by atoms with Crippen LogP contribution >= 0.6 is 12.2 Å². The molecule has 0 atom stereocenters. The summed E-state index contributed by atoms with van der Waals surface area (Å²) >= 11 is 5.64. The Morgan fingerprint density at radius 1 is 1.15 bits per heavy atom. The first kappa shape index (κ1) is 18.9. The maximum absolute atomic E-state index is 5.64. The van der Waals surface area contributed by atoms with Crippen molar-refractivity contribution in [2.75, 3.05) is 31.5 Å². The molecule has 2 heterocycles. The Morgan fingerprint density at radius 3 is 2.50 bits per heavy atom. The van der Waals surface area contributed by atoms with Gasteiger partial charge >= 0.3 is 0 Å². The molecule has 1 aromatic heterocycles. The van der Waals surface area contributed by atoms with Gasteiger partial charge in [-0.25, -0.2) is 0 Å². The van der Waals surface area contributed by atoms with Crippen LogP contribution in [0.15, 0.2) is 24.4 Å². The summed E-state index contributed by atoms with van der Waals surface area (Å²) < 4.78 is 2.02. The number of nitrogens with one attached hydrogen (secondary N) is 1. The summed E-state index contributed by atoms with van der Waals surface area (Å²) in [5.41, 5.74) is 6.08. The van der Waals surface area contributed by atoms with Crippen molar-refractivity contribution in [3.63, 3.8) is 0 Å². The number of rotatable bonds is 4. The molecule has 0 saturated carbocycles. The summed E-state index contributed by atoms with van der Waals surface area (Å²) in [5, 5.41) is 8.79. The van der Waals surface area contributed by atoms with Gasteiger partial charge in [0, 0.05) is 56.7 Å². The lowest BCUT2D eigenvalue weighted by Gasteiger charge is -2.36. The molecular weight excluding hydrogens is 342 g/mol. The molecule has 5 nitrogen and oxygen atoms in total. The molecular formula is C20H29N5S. The van der Waals surface area contributed by atoms with Crippen LogP contribution in [0.1, 0.15) is 29.3 Å². The summed E-state index contributed by atoms with van der Waals surface area (Å²) in [5.74, 6) is 0. The van der Waals surface area contributed by atoms with Crippen LogP contribution in [-0.4, -0.2) is 50.9 Å². The minimum Gasteiger partial charge on any atom is -0.346 e. The second-order valence-electron chi connectivity index (χ2n) is 7.11. The van der Waals surface area contributed by atoms with Gasteiger partial charge in [-0.1, -0.05) is 17.7 Å². The number of thiocarbonyl (C=S) groups is 1. The highest BCUT2D eigenvalue weighted by molar-refractivity contribution is 7.80. The lowest BCUT2D eigenvalue weighted by molar-refractivity contribution is 0.176. The van der Waals surface area contributed by atoms with E-state index in [9.17, 15) is 0 Å². The quantitative estimate of drug-likeness (QED) is 0.834. The van der Waals surface area contributed by atoms with Crippen molar-refractivity contribution in [1.29, 1.82) is 0 Å². The van der Waals surface area contributed by atoms with Gasteiger partial charge in [0.25, 0.3) is 0 Å². The van der Waals surface area contributed by atoms with Crippen LogP contribution in [0.25, 0.3) is 0 Å². The first-order valence-electron chi connectivity index (χ1n) is 9.34. The lowest BCUT2D eigenvalue weighted by Crippen LogP contribution is -2.49. The third-order valence-corrected chi connectivity index (χ3v) is 5.41. The van der Waals surface area contributed by atoms with Crippen LogP contribution in [-0.2, 0) is 13.1 Å². The average molecular weight is 372 g/mol. The molecule has 0 bridgehead atoms. The zero-order valence-electron chi connectivity index (χ0n) is 16.2. The van der Waals surface area contributed by atoms with Crippen molar-refractivity contribution >= 4 is 23.0 Å². The fraction of sp³-hybridized carbons (Fsp3) is 0.500. The molecule has 1 saturated heterocycles. The number of hydrogen-bond donors (Lipinski definition) is 1. The maximum Gasteiger partial charge on any atom is 0.173 e. The van der Waals surface area contributed by atoms with Gasteiger partial charge in [-0.3, -0.25) is 9.58 Å². The number of benzene rings is 1. The number of piperazine rings is 1. The van der Waals surface area contributed by atoms with E-state index < -0.39 is 0 Å². The molecule has 0 unspecified atom stereocenters. The number of aryl methyl sites for hydroxylation is 4. The second kappa shape index (κ2) is 8.18. The Bertz CT molecular complexity index is 775. The number of hydrogen-bond acceptors (Lipinski definition) is 3. The molecule has 26 heavy (non-hydrogen) atoms. The van der Waals surface area contributed by atoms with Crippen LogP contribution in [0.4, 0.5) is 5.69 Å². The summed E-state index contributed by atoms with van der Waals surface area (Å²) in [6.45, 7) is 14.3. The number of anilines is 1. The third-order valence-electron chi connectivity index (χ3n) is 5.05. The molecule has 2 aromatic rings. The molecule has 1 N–H and O–H groups in total. The van der Waals surface area contributed by atoms with Gasteiger partial charge < -0.3 is 10.2 Å². The van der Waals surface area contributed by atoms with E-state index in [1.54, 1.807) is 0 Å². The van der Waals surface area contributed by atoms with Crippen molar-refractivity contribution in [1.82, 2.24) is 19.6 Å². The Hall–Kier alpha value is -1.92. The highest BCUT2D eigenvalue weighted by Crippen LogP contribution is 2.18. The Kier molecular flexibility index (Phi) is 5.94. The molecule has 0 radical (unpaired) electrons. The van der Waals surface area contributed by atoms with E-state index in [0.717, 1.165) is 55.8 Å². The van der Waals surface area contributed by atoms with E-state index >= 15 is 0 Å². The van der Waals surface area contributed by atoms with E-state index in [-0.39, 0.29) is 0 Å². The Morgan fingerprint density at radius 2 is 1.88 bits per heavy atom. The summed E-state index contributed by atoms with van der Waals surface area (Å²) in [6.07, 6.45) is 2.17. The minimum absolute atomic E-state index is 0.826. The molecule has 0 aliphatic carbocycles. The maximum atomic E-state index is 5.64. The predicted molar refractivity (Wildman–Crippen MR) is 112 cm³/mol. The van der Waals surface area contributed by atoms with Crippen LogP contribution in [0.2, 0.25) is 0 Å². The number of aromatic nitrogens is 2. The van der Waals surface area contributed by atoms with Crippen molar-refractivity contribution in [2.24, 2.45) is 0 Å². The first-order valence-corrected chi connectivity index (χ1v) is 9.75. The molecule has 0 spiro atoms. The highest BCUT2D eigenvalue weighted by Gasteiger charge is 2.20. The van der Waals surface area contributed by atoms with E-state index in [1.165, 1.54) is 16.7 Å². The van der Waals surface area contributed by atoms with Gasteiger partial charge in [0.1, 0.15) is 0 Å². The highest BCUT2D eigenvalue weighted by atomic mass is 32.1. The molecule has 140 valence electrons. The van der Waals surface area contributed by atoms with Gasteiger partial charge in [0.05, 0.1) is 5.69 Å². The van der Waals surface area contributed by atoms with E-state index in [4.69, 9.17) is 12.2 Å². The first-order chi connectivity index (χ1) is 12.5. The standard InChI is InChI=1S/C20H29N5S/c1-5-25-14-18(17(4)22-25)13-23-8-10-24(11-9-23)20(26)21-19-7-6-15(2)12-16(19)3/h6-7,12,14H,5,8-11,13H2,1-4H3,(H,21,26). The minimum atomic E-state index is 0.826. The topological polar surface area (TPSA) is 36.3 Å². The third kappa shape index (κ3) is 4.43. The van der Waals surface area contributed by atoms with Crippen LogP contribution in [0, 0.1) is 20.8 Å². The SMILES string of the molecule is CCn1cc(CN2CCN(C(=S)Nc3ccc(C)cc3C)CC2)c(C)n1. The normalized spacial score (nSPS) is 15.3. The van der Waals surface area contributed by atoms with Gasteiger partial charge in [-0.2, -0.15) is 5.10 Å². The Balaban J connectivity index is 1.52. The van der Waals surface area contributed by atoms with Crippen LogP contribution < -0.4 is 5.32 Å². The summed E-state index contributed by atoms with van der Waals surface area (Å²) in [4.78, 5) is 4.76. The molecule has 1 aromatic carbocycles. The predicted octanol–water partition coefficient (Wildman–Crippen LogP) is 3.34. The molecule has 1 fully saturated rings. The van der Waals surface area contributed by atoms with Gasteiger partial charge in [-0.05, 0) is 51.5 Å². The second-order valence-corrected chi connectivity index (χ2v) is 7.49. The largest absolute Gasteiger partial charge is 0.346 e. The van der Waals surface area contributed by atoms with Crippen molar-refractivity contribution in [2.45, 2.75) is 40.8 Å². The fourth-order valence-electron chi connectivity index (χ4n) is 3.37. The summed E-state index contributed by atoms with van der Waals surface area (Å²) in [6, 6.07) is 6.41. The smallest absolute Gasteiger partial charge is 0.173 e. The van der Waals surface area contributed by atoms with E-state index in [2.05, 4.69) is 72.3 Å². The van der Waals surface area contributed by atoms with Crippen molar-refractivity contribution in [3.05, 3.63) is 46.8 Å². The molecule has 0 amide bonds. The zero-order chi connectivity index (χ0) is 18.7. The Labute approximate surface area is 162 Å². The lowest BCUT2D eigenvalue weighted by atomic mass is 10.1. The monoisotopic (exact) mass is 371 g/mol. The van der Waals surface area contributed by atoms with Gasteiger partial charge in [0.15, 0.2) is 5.11 Å². The van der Waals surface area contributed by atoms with Gasteiger partial charge in [-0.15, -0.1) is 0 Å². The molecule has 3 rings (SSSR count). The molecule has 1 aliphatic heterocycles. The van der Waals surface area contributed by atoms with Gasteiger partial charge in [0.2, 0.25) is 0 Å². The van der Waals surface area contributed by atoms with Crippen LogP contribution in [0.5, 0.6) is 0 Å². The molecule has 6 heteroatoms. The van der Waals surface area contributed by atoms with Crippen LogP contribution in [0.3, 0.4) is 0 Å². The van der Waals surface area contributed by atoms with E-state index in [1.807, 2.05) is 4.68 Å². The molecule has 1 aliphatic rings.